The summed E-state index contributed by atoms with van der Waals surface area (Å²) in [6, 6.07) is 16.5. The topological polar surface area (TPSA) is 87.2 Å². The quantitative estimate of drug-likeness (QED) is 0.755. The van der Waals surface area contributed by atoms with Crippen LogP contribution >= 0.6 is 11.6 Å². The zero-order chi connectivity index (χ0) is 21.6. The van der Waals surface area contributed by atoms with Gasteiger partial charge in [-0.25, -0.2) is 0 Å². The number of nitrogens with one attached hydrogen (secondary N) is 1. The number of primary amides is 1. The second kappa shape index (κ2) is 7.40. The molecule has 0 spiro atoms. The van der Waals surface area contributed by atoms with Gasteiger partial charge >= 0.3 is 0 Å². The predicted octanol–water partition coefficient (Wildman–Crippen LogP) is 4.67. The first-order valence-electron chi connectivity index (χ1n) is 9.94. The van der Waals surface area contributed by atoms with Crippen molar-refractivity contribution in [1.29, 1.82) is 5.41 Å². The van der Waals surface area contributed by atoms with E-state index in [-0.39, 0.29) is 17.0 Å². The normalized spacial score (nSPS) is 23.4. The fourth-order valence-corrected chi connectivity index (χ4v) is 4.79. The summed E-state index contributed by atoms with van der Waals surface area (Å²) in [4.78, 5) is 27.8. The first-order valence-corrected chi connectivity index (χ1v) is 10.3. The Morgan fingerprint density at radius 1 is 1.10 bits per heavy atom. The second-order valence-corrected chi connectivity index (χ2v) is 9.20. The van der Waals surface area contributed by atoms with Gasteiger partial charge in [0.05, 0.1) is 0 Å². The third-order valence-corrected chi connectivity index (χ3v) is 6.15. The number of Topliss-reactive ketones (excluding diaryl/α,β-unsaturated/α-hetero) is 1. The summed E-state index contributed by atoms with van der Waals surface area (Å²) in [5.41, 5.74) is 8.45. The van der Waals surface area contributed by atoms with Crippen LogP contribution in [0.2, 0.25) is 5.02 Å². The van der Waals surface area contributed by atoms with E-state index < -0.39 is 17.7 Å². The van der Waals surface area contributed by atoms with E-state index in [2.05, 4.69) is 13.8 Å². The van der Waals surface area contributed by atoms with Crippen molar-refractivity contribution in [3.8, 4) is 0 Å². The van der Waals surface area contributed by atoms with Crippen molar-refractivity contribution in [3.05, 3.63) is 76.5 Å². The maximum absolute atomic E-state index is 13.4. The lowest BCUT2D eigenvalue weighted by Gasteiger charge is -2.46. The number of nitrogens with two attached hydrogens (primary N) is 1. The Labute approximate surface area is 181 Å². The van der Waals surface area contributed by atoms with Crippen LogP contribution in [-0.2, 0) is 9.59 Å². The van der Waals surface area contributed by atoms with Gasteiger partial charge in [-0.3, -0.25) is 15.0 Å². The molecule has 0 radical (unpaired) electrons. The molecular formula is C24H24ClN3O2. The van der Waals surface area contributed by atoms with E-state index in [9.17, 15) is 9.59 Å². The summed E-state index contributed by atoms with van der Waals surface area (Å²) in [7, 11) is 0. The Hall–Kier alpha value is -2.92. The van der Waals surface area contributed by atoms with Crippen LogP contribution in [0.4, 0.5) is 5.69 Å². The summed E-state index contributed by atoms with van der Waals surface area (Å²) in [6.07, 6.45) is 1.01. The van der Waals surface area contributed by atoms with Gasteiger partial charge in [-0.2, -0.15) is 0 Å². The molecule has 0 aromatic heterocycles. The van der Waals surface area contributed by atoms with E-state index >= 15 is 0 Å². The smallest absolute Gasteiger partial charge is 0.229 e. The van der Waals surface area contributed by atoms with Gasteiger partial charge in [-0.1, -0.05) is 55.8 Å². The van der Waals surface area contributed by atoms with E-state index in [0.29, 0.717) is 23.4 Å². The van der Waals surface area contributed by atoms with Crippen LogP contribution in [0.1, 0.15) is 38.2 Å². The molecule has 0 fully saturated rings. The van der Waals surface area contributed by atoms with E-state index in [0.717, 1.165) is 16.9 Å². The van der Waals surface area contributed by atoms with Gasteiger partial charge in [0, 0.05) is 34.3 Å². The average Bonchev–Trinajstić information content (AvgIpc) is 2.67. The third kappa shape index (κ3) is 3.43. The molecule has 2 atom stereocenters. The Morgan fingerprint density at radius 3 is 2.33 bits per heavy atom. The van der Waals surface area contributed by atoms with Crippen LogP contribution in [0.5, 0.6) is 0 Å². The molecule has 2 aromatic carbocycles. The number of amides is 1. The van der Waals surface area contributed by atoms with E-state index in [1.165, 1.54) is 0 Å². The summed E-state index contributed by atoms with van der Waals surface area (Å²) >= 11 is 6.06. The molecule has 0 bridgehead atoms. The highest BCUT2D eigenvalue weighted by Crippen LogP contribution is 2.50. The van der Waals surface area contributed by atoms with Gasteiger partial charge in [-0.05, 0) is 41.7 Å². The second-order valence-electron chi connectivity index (χ2n) is 8.77. The molecule has 5 nitrogen and oxygen atoms in total. The minimum absolute atomic E-state index is 0.000816. The maximum Gasteiger partial charge on any atom is 0.229 e. The predicted molar refractivity (Wildman–Crippen MR) is 119 cm³/mol. The highest BCUT2D eigenvalue weighted by atomic mass is 35.5. The summed E-state index contributed by atoms with van der Waals surface area (Å²) in [5, 5.41) is 9.53. The molecule has 1 aliphatic carbocycles. The molecule has 6 heteroatoms. The van der Waals surface area contributed by atoms with Gasteiger partial charge in [0.25, 0.3) is 0 Å². The number of benzene rings is 2. The summed E-state index contributed by atoms with van der Waals surface area (Å²) in [5.74, 6) is -2.06. The van der Waals surface area contributed by atoms with Gasteiger partial charge in [-0.15, -0.1) is 0 Å². The molecule has 2 unspecified atom stereocenters. The first-order chi connectivity index (χ1) is 14.2. The van der Waals surface area contributed by atoms with Crippen LogP contribution in [-0.4, -0.2) is 17.5 Å². The van der Waals surface area contributed by atoms with Crippen LogP contribution in [0.15, 0.2) is 65.9 Å². The van der Waals surface area contributed by atoms with Crippen molar-refractivity contribution in [3.63, 3.8) is 0 Å². The number of hydrogen-bond acceptors (Lipinski definition) is 3. The number of para-hydroxylation sites is 1. The van der Waals surface area contributed by atoms with Crippen LogP contribution in [0.25, 0.3) is 0 Å². The number of allylic oxidation sites excluding steroid dienone is 2. The largest absolute Gasteiger partial charge is 0.369 e. The molecule has 30 heavy (non-hydrogen) atoms. The van der Waals surface area contributed by atoms with Crippen molar-refractivity contribution < 1.29 is 9.59 Å². The minimum Gasteiger partial charge on any atom is -0.369 e. The first kappa shape index (κ1) is 20.4. The van der Waals surface area contributed by atoms with Crippen LogP contribution in [0, 0.1) is 16.7 Å². The highest BCUT2D eigenvalue weighted by molar-refractivity contribution is 6.30. The molecule has 3 N–H and O–H groups in total. The van der Waals surface area contributed by atoms with E-state index in [1.54, 1.807) is 17.0 Å². The van der Waals surface area contributed by atoms with Crippen molar-refractivity contribution in [2.45, 2.75) is 32.6 Å². The number of carbonyl (C=O) groups excluding carboxylic acids is 2. The van der Waals surface area contributed by atoms with E-state index in [4.69, 9.17) is 22.7 Å². The van der Waals surface area contributed by atoms with Gasteiger partial charge < -0.3 is 10.6 Å². The number of hydrogen-bond donors (Lipinski definition) is 2. The standard InChI is InChI=1S/C24H24ClN3O2/c1-24(2)12-17-20(18(29)13-24)19(14-8-10-15(25)11-9-14)21(23(27)30)22(26)28(17)16-6-4-3-5-7-16/h3-11,19,21,26H,12-13H2,1-2H3,(H2,27,30). The number of halogens is 1. The van der Waals surface area contributed by atoms with Crippen molar-refractivity contribution in [2.75, 3.05) is 4.90 Å². The number of nitrogens with zero attached hydrogens (tertiary/aromatic N) is 1. The zero-order valence-corrected chi connectivity index (χ0v) is 17.7. The molecule has 1 heterocycles. The highest BCUT2D eigenvalue weighted by Gasteiger charge is 2.49. The van der Waals surface area contributed by atoms with Gasteiger partial charge in [0.2, 0.25) is 5.91 Å². The average molecular weight is 422 g/mol. The van der Waals surface area contributed by atoms with E-state index in [1.807, 2.05) is 42.5 Å². The van der Waals surface area contributed by atoms with Crippen molar-refractivity contribution in [2.24, 2.45) is 17.1 Å². The monoisotopic (exact) mass is 421 g/mol. The Balaban J connectivity index is 2.00. The molecule has 1 amide bonds. The lowest BCUT2D eigenvalue weighted by atomic mass is 9.66. The Kier molecular flexibility index (Phi) is 5.02. The van der Waals surface area contributed by atoms with Crippen molar-refractivity contribution >= 4 is 34.8 Å². The molecule has 154 valence electrons. The van der Waals surface area contributed by atoms with Crippen molar-refractivity contribution in [1.82, 2.24) is 0 Å². The lowest BCUT2D eigenvalue weighted by Crippen LogP contribution is -2.52. The Bertz CT molecular complexity index is 1060. The lowest BCUT2D eigenvalue weighted by molar-refractivity contribution is -0.121. The molecule has 2 aromatic rings. The fraction of sp³-hybridized carbons (Fsp3) is 0.292. The number of ketones is 1. The maximum atomic E-state index is 13.4. The zero-order valence-electron chi connectivity index (χ0n) is 17.0. The third-order valence-electron chi connectivity index (χ3n) is 5.90. The SMILES string of the molecule is CC1(C)CC(=O)C2=C(C1)N(c1ccccc1)C(=N)C(C(N)=O)C2c1ccc(Cl)cc1. The van der Waals surface area contributed by atoms with Crippen LogP contribution in [0.3, 0.4) is 0 Å². The molecule has 2 aliphatic rings. The molecular weight excluding hydrogens is 398 g/mol. The number of carbonyl (C=O) groups is 2. The van der Waals surface area contributed by atoms with Crippen LogP contribution < -0.4 is 10.6 Å². The fourth-order valence-electron chi connectivity index (χ4n) is 4.66. The number of amidine groups is 1. The summed E-state index contributed by atoms with van der Waals surface area (Å²) in [6.45, 7) is 4.11. The molecule has 0 saturated heterocycles. The summed E-state index contributed by atoms with van der Waals surface area (Å²) < 4.78 is 0. The molecule has 4 rings (SSSR count). The number of anilines is 1. The number of rotatable bonds is 3. The molecule has 0 saturated carbocycles. The molecule has 1 aliphatic heterocycles. The van der Waals surface area contributed by atoms with Gasteiger partial charge in [0.15, 0.2) is 5.78 Å². The minimum atomic E-state index is -0.949. The Morgan fingerprint density at radius 2 is 1.73 bits per heavy atom. The van der Waals surface area contributed by atoms with Gasteiger partial charge in [0.1, 0.15) is 11.8 Å².